The van der Waals surface area contributed by atoms with Crippen LogP contribution in [0.4, 0.5) is 14.9 Å². The molecule has 3 aliphatic rings. The minimum atomic E-state index is -0.440. The van der Waals surface area contributed by atoms with Gasteiger partial charge in [0, 0.05) is 43.9 Å². The van der Waals surface area contributed by atoms with Gasteiger partial charge in [-0.05, 0) is 44.2 Å². The predicted molar refractivity (Wildman–Crippen MR) is 98.9 cm³/mol. The fourth-order valence-electron chi connectivity index (χ4n) is 4.05. The molecule has 1 aliphatic carbocycles. The second-order valence-electron chi connectivity index (χ2n) is 7.99. The van der Waals surface area contributed by atoms with E-state index < -0.39 is 5.54 Å². The molecule has 1 spiro atoms. The van der Waals surface area contributed by atoms with E-state index in [1.54, 1.807) is 24.0 Å². The Kier molecular flexibility index (Phi) is 4.80. The van der Waals surface area contributed by atoms with Gasteiger partial charge in [0.25, 0.3) is 0 Å². The number of benzene rings is 1. The third kappa shape index (κ3) is 3.65. The van der Waals surface area contributed by atoms with E-state index in [9.17, 15) is 14.0 Å². The van der Waals surface area contributed by atoms with E-state index in [2.05, 4.69) is 5.32 Å². The van der Waals surface area contributed by atoms with Crippen LogP contribution in [0.2, 0.25) is 0 Å². The van der Waals surface area contributed by atoms with E-state index in [4.69, 9.17) is 4.74 Å². The van der Waals surface area contributed by atoms with E-state index in [-0.39, 0.29) is 17.8 Å². The first-order valence-corrected chi connectivity index (χ1v) is 9.68. The third-order valence-electron chi connectivity index (χ3n) is 5.97. The molecule has 0 aromatic heterocycles. The Morgan fingerprint density at radius 2 is 2.22 bits per heavy atom. The normalized spacial score (nSPS) is 25.8. The molecule has 1 N–H and O–H groups in total. The van der Waals surface area contributed by atoms with Crippen molar-refractivity contribution in [2.24, 2.45) is 5.92 Å². The number of hydrogen-bond acceptors (Lipinski definition) is 3. The summed E-state index contributed by atoms with van der Waals surface area (Å²) in [6.07, 6.45) is 3.39. The number of carbonyl (C=O) groups excluding carboxylic acids is 2. The van der Waals surface area contributed by atoms with Crippen molar-refractivity contribution < 1.29 is 18.7 Å². The standard InChI is InChI=1S/C20H26FN3O3/c1-14-16(21)3-2-4-17(14)22-19(26)23-9-7-18(25)24(11-15-5-6-15)20(12-23)8-10-27-13-20/h2-4,15H,5-13H2,1H3,(H,22,26). The minimum absolute atomic E-state index is 0.102. The summed E-state index contributed by atoms with van der Waals surface area (Å²) in [5, 5.41) is 2.81. The summed E-state index contributed by atoms with van der Waals surface area (Å²) in [7, 11) is 0. The molecule has 1 aromatic rings. The van der Waals surface area contributed by atoms with Gasteiger partial charge in [-0.15, -0.1) is 0 Å². The molecular weight excluding hydrogens is 349 g/mol. The number of ether oxygens (including phenoxy) is 1. The highest BCUT2D eigenvalue weighted by Crippen LogP contribution is 2.37. The zero-order valence-electron chi connectivity index (χ0n) is 15.7. The number of amides is 3. The van der Waals surface area contributed by atoms with Crippen molar-refractivity contribution in [3.63, 3.8) is 0 Å². The van der Waals surface area contributed by atoms with Gasteiger partial charge in [0.15, 0.2) is 0 Å². The molecule has 2 heterocycles. The van der Waals surface area contributed by atoms with E-state index in [0.717, 1.165) is 13.0 Å². The molecule has 2 aliphatic heterocycles. The molecule has 0 radical (unpaired) electrons. The molecule has 1 saturated carbocycles. The lowest BCUT2D eigenvalue weighted by atomic mass is 9.95. The van der Waals surface area contributed by atoms with Gasteiger partial charge in [-0.2, -0.15) is 0 Å². The van der Waals surface area contributed by atoms with E-state index >= 15 is 0 Å². The van der Waals surface area contributed by atoms with Crippen molar-refractivity contribution in [2.75, 3.05) is 38.2 Å². The Labute approximate surface area is 158 Å². The molecule has 146 valence electrons. The number of nitrogens with zero attached hydrogens (tertiary/aromatic N) is 2. The van der Waals surface area contributed by atoms with Gasteiger partial charge in [-0.25, -0.2) is 9.18 Å². The minimum Gasteiger partial charge on any atom is -0.379 e. The van der Waals surface area contributed by atoms with Crippen molar-refractivity contribution in [1.82, 2.24) is 9.80 Å². The van der Waals surface area contributed by atoms with Gasteiger partial charge in [0.2, 0.25) is 5.91 Å². The van der Waals surface area contributed by atoms with Crippen LogP contribution in [-0.2, 0) is 9.53 Å². The summed E-state index contributed by atoms with van der Waals surface area (Å²) >= 11 is 0. The summed E-state index contributed by atoms with van der Waals surface area (Å²) < 4.78 is 19.4. The first kappa shape index (κ1) is 18.2. The Hall–Kier alpha value is -2.15. The Morgan fingerprint density at radius 3 is 2.93 bits per heavy atom. The zero-order valence-corrected chi connectivity index (χ0v) is 15.7. The van der Waals surface area contributed by atoms with Crippen LogP contribution in [-0.4, -0.2) is 60.1 Å². The predicted octanol–water partition coefficient (Wildman–Crippen LogP) is 2.77. The highest BCUT2D eigenvalue weighted by atomic mass is 19.1. The smallest absolute Gasteiger partial charge is 0.321 e. The fraction of sp³-hybridized carbons (Fsp3) is 0.600. The first-order valence-electron chi connectivity index (χ1n) is 9.68. The maximum Gasteiger partial charge on any atom is 0.321 e. The van der Waals surface area contributed by atoms with Crippen LogP contribution >= 0.6 is 0 Å². The second-order valence-corrected chi connectivity index (χ2v) is 7.99. The number of rotatable bonds is 3. The molecule has 1 aromatic carbocycles. The molecule has 2 saturated heterocycles. The van der Waals surface area contributed by atoms with Gasteiger partial charge in [-0.3, -0.25) is 4.79 Å². The molecule has 27 heavy (non-hydrogen) atoms. The number of halogens is 1. The van der Waals surface area contributed by atoms with Crippen molar-refractivity contribution in [3.8, 4) is 0 Å². The first-order chi connectivity index (χ1) is 13.0. The van der Waals surface area contributed by atoms with Gasteiger partial charge in [0.1, 0.15) is 5.82 Å². The van der Waals surface area contributed by atoms with Crippen LogP contribution in [0.1, 0.15) is 31.2 Å². The number of anilines is 1. The molecule has 3 amide bonds. The maximum absolute atomic E-state index is 13.8. The largest absolute Gasteiger partial charge is 0.379 e. The van der Waals surface area contributed by atoms with Crippen LogP contribution in [0.5, 0.6) is 0 Å². The van der Waals surface area contributed by atoms with Crippen molar-refractivity contribution >= 4 is 17.6 Å². The summed E-state index contributed by atoms with van der Waals surface area (Å²) in [6, 6.07) is 4.34. The van der Waals surface area contributed by atoms with Crippen LogP contribution in [0, 0.1) is 18.7 Å². The van der Waals surface area contributed by atoms with Crippen LogP contribution in [0.3, 0.4) is 0 Å². The quantitative estimate of drug-likeness (QED) is 0.884. The molecule has 4 rings (SSSR count). The zero-order chi connectivity index (χ0) is 19.0. The molecule has 6 nitrogen and oxygen atoms in total. The lowest BCUT2D eigenvalue weighted by Gasteiger charge is -2.40. The number of nitrogens with one attached hydrogen (secondary N) is 1. The van der Waals surface area contributed by atoms with Crippen molar-refractivity contribution in [2.45, 2.75) is 38.1 Å². The highest BCUT2D eigenvalue weighted by molar-refractivity contribution is 5.91. The van der Waals surface area contributed by atoms with E-state index in [1.807, 2.05) is 4.90 Å². The van der Waals surface area contributed by atoms with Crippen LogP contribution in [0.25, 0.3) is 0 Å². The lowest BCUT2D eigenvalue weighted by molar-refractivity contribution is -0.136. The number of carbonyl (C=O) groups is 2. The van der Waals surface area contributed by atoms with Crippen LogP contribution in [0.15, 0.2) is 18.2 Å². The van der Waals surface area contributed by atoms with E-state index in [1.165, 1.54) is 18.9 Å². The summed E-state index contributed by atoms with van der Waals surface area (Å²) in [5.41, 5.74) is 0.429. The molecular formula is C20H26FN3O3. The van der Waals surface area contributed by atoms with Crippen LogP contribution < -0.4 is 5.32 Å². The van der Waals surface area contributed by atoms with Crippen molar-refractivity contribution in [3.05, 3.63) is 29.6 Å². The highest BCUT2D eigenvalue weighted by Gasteiger charge is 2.48. The molecule has 0 bridgehead atoms. The SMILES string of the molecule is Cc1c(F)cccc1NC(=O)N1CCC(=O)N(CC2CC2)C2(CCOC2)C1. The summed E-state index contributed by atoms with van der Waals surface area (Å²) in [6.45, 7) is 4.29. The molecule has 1 unspecified atom stereocenters. The number of hydrogen-bond donors (Lipinski definition) is 1. The van der Waals surface area contributed by atoms with Crippen molar-refractivity contribution in [1.29, 1.82) is 0 Å². The summed E-state index contributed by atoms with van der Waals surface area (Å²) in [5.74, 6) is 0.335. The third-order valence-corrected chi connectivity index (χ3v) is 5.97. The Morgan fingerprint density at radius 1 is 1.41 bits per heavy atom. The Balaban J connectivity index is 1.53. The number of urea groups is 1. The van der Waals surface area contributed by atoms with Gasteiger partial charge < -0.3 is 19.9 Å². The monoisotopic (exact) mass is 375 g/mol. The van der Waals surface area contributed by atoms with Gasteiger partial charge in [-0.1, -0.05) is 6.07 Å². The Bertz CT molecular complexity index is 744. The topological polar surface area (TPSA) is 61.9 Å². The second kappa shape index (κ2) is 7.11. The lowest BCUT2D eigenvalue weighted by Crippen LogP contribution is -2.57. The maximum atomic E-state index is 13.8. The fourth-order valence-corrected chi connectivity index (χ4v) is 4.05. The average Bonchev–Trinajstić information content (AvgIpc) is 3.38. The molecule has 1 atom stereocenters. The average molecular weight is 375 g/mol. The summed E-state index contributed by atoms with van der Waals surface area (Å²) in [4.78, 5) is 29.4. The van der Waals surface area contributed by atoms with E-state index in [0.29, 0.717) is 49.9 Å². The molecule has 3 fully saturated rings. The van der Waals surface area contributed by atoms with Gasteiger partial charge >= 0.3 is 6.03 Å². The molecule has 7 heteroatoms. The van der Waals surface area contributed by atoms with Gasteiger partial charge in [0.05, 0.1) is 12.1 Å².